The van der Waals surface area contributed by atoms with Gasteiger partial charge in [-0.1, -0.05) is 36.1 Å². The van der Waals surface area contributed by atoms with Crippen molar-refractivity contribution < 1.29 is 22.8 Å². The highest BCUT2D eigenvalue weighted by atomic mass is 32.2. The molecule has 30 heavy (non-hydrogen) atoms. The first-order valence-electron chi connectivity index (χ1n) is 9.70. The Bertz CT molecular complexity index is 1010. The van der Waals surface area contributed by atoms with E-state index in [-0.39, 0.29) is 11.5 Å². The van der Waals surface area contributed by atoms with Crippen LogP contribution in [0.1, 0.15) is 29.9 Å². The van der Waals surface area contributed by atoms with Gasteiger partial charge in [0.05, 0.1) is 18.4 Å². The van der Waals surface area contributed by atoms with Gasteiger partial charge in [0.15, 0.2) is 0 Å². The van der Waals surface area contributed by atoms with Gasteiger partial charge in [0.1, 0.15) is 17.6 Å². The van der Waals surface area contributed by atoms with Crippen LogP contribution in [0.3, 0.4) is 0 Å². The minimum absolute atomic E-state index is 0.149. The average molecular weight is 433 g/mol. The number of nitrogens with zero attached hydrogens (tertiary/aromatic N) is 1. The summed E-state index contributed by atoms with van der Waals surface area (Å²) in [6.45, 7) is 0.801. The molecule has 1 aliphatic rings. The van der Waals surface area contributed by atoms with Crippen molar-refractivity contribution in [1.29, 1.82) is 0 Å². The van der Waals surface area contributed by atoms with Crippen LogP contribution in [0.2, 0.25) is 0 Å². The van der Waals surface area contributed by atoms with Gasteiger partial charge in [-0.2, -0.15) is 5.48 Å². The summed E-state index contributed by atoms with van der Waals surface area (Å²) in [5.41, 5.74) is 3.23. The lowest BCUT2D eigenvalue weighted by Crippen LogP contribution is -2.43. The number of halogens is 1. The molecule has 2 aromatic carbocycles. The SMILES string of the molecule is COc1ccc(C2CCN(S(=O)(=O)CC(C#Cc3ccccc3F)NO)CC2)cc1. The van der Waals surface area contributed by atoms with Crippen LogP contribution in [0.4, 0.5) is 4.39 Å². The fourth-order valence-electron chi connectivity index (χ4n) is 3.50. The first kappa shape index (κ1) is 22.2. The summed E-state index contributed by atoms with van der Waals surface area (Å²) in [5.74, 6) is 5.38. The van der Waals surface area contributed by atoms with Crippen molar-refractivity contribution in [3.8, 4) is 17.6 Å². The first-order valence-corrected chi connectivity index (χ1v) is 11.3. The fraction of sp³-hybridized carbons (Fsp3) is 0.364. The number of hydrogen-bond acceptors (Lipinski definition) is 5. The average Bonchev–Trinajstić information content (AvgIpc) is 2.77. The van der Waals surface area contributed by atoms with Crippen molar-refractivity contribution in [1.82, 2.24) is 9.79 Å². The highest BCUT2D eigenvalue weighted by molar-refractivity contribution is 7.89. The largest absolute Gasteiger partial charge is 0.497 e. The maximum Gasteiger partial charge on any atom is 0.216 e. The van der Waals surface area contributed by atoms with Crippen LogP contribution in [-0.4, -0.2) is 49.9 Å². The van der Waals surface area contributed by atoms with Gasteiger partial charge in [-0.05, 0) is 48.6 Å². The minimum atomic E-state index is -3.63. The molecule has 0 aromatic heterocycles. The molecule has 0 bridgehead atoms. The Morgan fingerprint density at radius 3 is 2.47 bits per heavy atom. The Labute approximate surface area is 176 Å². The van der Waals surface area contributed by atoms with Crippen LogP contribution < -0.4 is 10.2 Å². The second-order valence-corrected chi connectivity index (χ2v) is 9.17. The highest BCUT2D eigenvalue weighted by Gasteiger charge is 2.30. The molecule has 6 nitrogen and oxygen atoms in total. The number of hydrogen-bond donors (Lipinski definition) is 2. The monoisotopic (exact) mass is 432 g/mol. The number of nitrogens with one attached hydrogen (secondary N) is 1. The molecule has 0 spiro atoms. The number of benzene rings is 2. The van der Waals surface area contributed by atoms with Gasteiger partial charge < -0.3 is 9.94 Å². The predicted octanol–water partition coefficient (Wildman–Crippen LogP) is 2.74. The minimum Gasteiger partial charge on any atom is -0.497 e. The summed E-state index contributed by atoms with van der Waals surface area (Å²) >= 11 is 0. The molecule has 3 rings (SSSR count). The zero-order valence-electron chi connectivity index (χ0n) is 16.7. The lowest BCUT2D eigenvalue weighted by atomic mass is 9.90. The number of piperidine rings is 1. The third-order valence-corrected chi connectivity index (χ3v) is 7.13. The van der Waals surface area contributed by atoms with Crippen LogP contribution in [-0.2, 0) is 10.0 Å². The van der Waals surface area contributed by atoms with Crippen molar-refractivity contribution >= 4 is 10.0 Å². The van der Waals surface area contributed by atoms with E-state index in [0.717, 1.165) is 5.75 Å². The second kappa shape index (κ2) is 10.0. The van der Waals surface area contributed by atoms with Gasteiger partial charge >= 0.3 is 0 Å². The molecule has 2 N–H and O–H groups in total. The fourth-order valence-corrected chi connectivity index (χ4v) is 5.06. The molecule has 160 valence electrons. The molecule has 0 aliphatic carbocycles. The third kappa shape index (κ3) is 5.58. The zero-order valence-corrected chi connectivity index (χ0v) is 17.5. The third-order valence-electron chi connectivity index (χ3n) is 5.22. The summed E-state index contributed by atoms with van der Waals surface area (Å²) in [7, 11) is -2.01. The second-order valence-electron chi connectivity index (χ2n) is 7.16. The molecule has 0 amide bonds. The Balaban J connectivity index is 1.61. The van der Waals surface area contributed by atoms with E-state index in [0.29, 0.717) is 25.9 Å². The number of sulfonamides is 1. The predicted molar refractivity (Wildman–Crippen MR) is 112 cm³/mol. The van der Waals surface area contributed by atoms with Crippen molar-refractivity contribution in [3.63, 3.8) is 0 Å². The van der Waals surface area contributed by atoms with E-state index in [2.05, 4.69) is 11.8 Å². The van der Waals surface area contributed by atoms with Gasteiger partial charge in [-0.15, -0.1) is 0 Å². The van der Waals surface area contributed by atoms with Gasteiger partial charge in [0.25, 0.3) is 0 Å². The molecule has 0 saturated carbocycles. The molecular formula is C22H25FN2O4S. The van der Waals surface area contributed by atoms with Gasteiger partial charge in [-0.25, -0.2) is 17.1 Å². The van der Waals surface area contributed by atoms with E-state index in [4.69, 9.17) is 4.74 Å². The van der Waals surface area contributed by atoms with Crippen LogP contribution in [0, 0.1) is 17.7 Å². The van der Waals surface area contributed by atoms with Crippen LogP contribution in [0.15, 0.2) is 48.5 Å². The normalized spacial score (nSPS) is 16.5. The van der Waals surface area contributed by atoms with Crippen molar-refractivity contribution in [2.24, 2.45) is 0 Å². The van der Waals surface area contributed by atoms with Crippen molar-refractivity contribution in [3.05, 3.63) is 65.5 Å². The molecule has 0 radical (unpaired) electrons. The maximum atomic E-state index is 13.7. The first-order chi connectivity index (χ1) is 14.4. The van der Waals surface area contributed by atoms with Gasteiger partial charge in [-0.3, -0.25) is 0 Å². The summed E-state index contributed by atoms with van der Waals surface area (Å²) in [5, 5.41) is 9.33. The smallest absolute Gasteiger partial charge is 0.216 e. The summed E-state index contributed by atoms with van der Waals surface area (Å²) in [6, 6.07) is 12.8. The van der Waals surface area contributed by atoms with Gasteiger partial charge in [0, 0.05) is 13.1 Å². The van der Waals surface area contributed by atoms with E-state index >= 15 is 0 Å². The van der Waals surface area contributed by atoms with Crippen molar-refractivity contribution in [2.75, 3.05) is 26.0 Å². The Hall–Kier alpha value is -2.44. The van der Waals surface area contributed by atoms with E-state index in [9.17, 15) is 18.0 Å². The molecular weight excluding hydrogens is 407 g/mol. The maximum absolute atomic E-state index is 13.7. The van der Waals surface area contributed by atoms with E-state index < -0.39 is 27.6 Å². The lowest BCUT2D eigenvalue weighted by Gasteiger charge is -2.32. The highest BCUT2D eigenvalue weighted by Crippen LogP contribution is 2.30. The van der Waals surface area contributed by atoms with E-state index in [1.165, 1.54) is 22.0 Å². The van der Waals surface area contributed by atoms with Crippen LogP contribution >= 0.6 is 0 Å². The van der Waals surface area contributed by atoms with Crippen molar-refractivity contribution in [2.45, 2.75) is 24.8 Å². The van der Waals surface area contributed by atoms with Crippen LogP contribution in [0.25, 0.3) is 0 Å². The topological polar surface area (TPSA) is 78.9 Å². The number of methoxy groups -OCH3 is 1. The quantitative estimate of drug-likeness (QED) is 0.542. The van der Waals surface area contributed by atoms with Crippen LogP contribution in [0.5, 0.6) is 5.75 Å². The standard InChI is InChI=1S/C22H25FN2O4S/c1-29-21-10-7-17(8-11-21)18-12-14-25(15-13-18)30(27,28)16-20(24-26)9-6-19-4-2-3-5-22(19)23/h2-5,7-8,10-11,18,20,24,26H,12-16H2,1H3. The van der Waals surface area contributed by atoms with E-state index in [1.54, 1.807) is 19.2 Å². The molecule has 8 heteroatoms. The number of ether oxygens (including phenoxy) is 1. The Kier molecular flexibility index (Phi) is 7.45. The Morgan fingerprint density at radius 1 is 1.20 bits per heavy atom. The zero-order chi connectivity index (χ0) is 21.6. The molecule has 1 heterocycles. The summed E-state index contributed by atoms with van der Waals surface area (Å²) < 4.78 is 45.8. The summed E-state index contributed by atoms with van der Waals surface area (Å²) in [6.07, 6.45) is 1.42. The van der Waals surface area contributed by atoms with E-state index in [1.807, 2.05) is 29.7 Å². The molecule has 1 atom stereocenters. The van der Waals surface area contributed by atoms with Gasteiger partial charge in [0.2, 0.25) is 10.0 Å². The number of rotatable bonds is 6. The number of hydroxylamine groups is 1. The molecule has 1 aliphatic heterocycles. The summed E-state index contributed by atoms with van der Waals surface area (Å²) in [4.78, 5) is 0. The lowest BCUT2D eigenvalue weighted by molar-refractivity contribution is 0.152. The Morgan fingerprint density at radius 2 is 1.87 bits per heavy atom. The molecule has 1 unspecified atom stereocenters. The molecule has 1 saturated heterocycles. The molecule has 2 aromatic rings. The molecule has 1 fully saturated rings.